The van der Waals surface area contributed by atoms with Gasteiger partial charge in [0.25, 0.3) is 0 Å². The summed E-state index contributed by atoms with van der Waals surface area (Å²) in [5.74, 6) is 1.56. The van der Waals surface area contributed by atoms with E-state index in [1.807, 2.05) is 0 Å². The van der Waals surface area contributed by atoms with E-state index in [1.54, 1.807) is 23.2 Å². The molecule has 0 radical (unpaired) electrons. The van der Waals surface area contributed by atoms with Crippen molar-refractivity contribution >= 4 is 38.8 Å². The first-order valence-electron chi connectivity index (χ1n) is 4.58. The van der Waals surface area contributed by atoms with Crippen LogP contribution in [0.4, 0.5) is 5.69 Å². The Morgan fingerprint density at radius 2 is 2.38 bits per heavy atom. The normalized spacial score (nSPS) is 11.5. The molecule has 0 aliphatic rings. The maximum Gasteiger partial charge on any atom is 0.250 e. The van der Waals surface area contributed by atoms with Crippen LogP contribution in [0.3, 0.4) is 0 Å². The summed E-state index contributed by atoms with van der Waals surface area (Å²) >= 11 is 2.75. The number of anilines is 1. The summed E-state index contributed by atoms with van der Waals surface area (Å²) in [7, 11) is -3.38. The van der Waals surface area contributed by atoms with Crippen LogP contribution in [0, 0.1) is 0 Å². The van der Waals surface area contributed by atoms with Gasteiger partial charge in [-0.15, -0.1) is 17.9 Å². The van der Waals surface area contributed by atoms with Gasteiger partial charge in [0.2, 0.25) is 10.0 Å². The minimum absolute atomic E-state index is 0.263. The van der Waals surface area contributed by atoms with Crippen LogP contribution in [0.15, 0.2) is 28.3 Å². The molecule has 0 aliphatic carbocycles. The van der Waals surface area contributed by atoms with Gasteiger partial charge in [0.05, 0.1) is 0 Å². The van der Waals surface area contributed by atoms with Crippen LogP contribution in [0.1, 0.15) is 0 Å². The molecule has 16 heavy (non-hydrogen) atoms. The predicted molar refractivity (Wildman–Crippen MR) is 71.4 cm³/mol. The fourth-order valence-corrected chi connectivity index (χ4v) is 3.82. The molecule has 0 saturated heterocycles. The largest absolute Gasteiger partial charge is 0.398 e. The van der Waals surface area contributed by atoms with Gasteiger partial charge in [0.15, 0.2) is 0 Å². The SMILES string of the molecule is C=CCSCCNS(=O)(=O)c1cc(N)cs1. The Balaban J connectivity index is 2.44. The van der Waals surface area contributed by atoms with E-state index in [9.17, 15) is 8.42 Å². The molecule has 1 aromatic heterocycles. The molecule has 0 fully saturated rings. The lowest BCUT2D eigenvalue weighted by atomic mass is 10.6. The van der Waals surface area contributed by atoms with Crippen molar-refractivity contribution in [3.8, 4) is 0 Å². The van der Waals surface area contributed by atoms with Gasteiger partial charge in [0.1, 0.15) is 4.21 Å². The van der Waals surface area contributed by atoms with E-state index in [1.165, 1.54) is 6.07 Å². The number of nitrogen functional groups attached to an aromatic ring is 1. The van der Waals surface area contributed by atoms with Crippen LogP contribution in [-0.4, -0.2) is 26.5 Å². The lowest BCUT2D eigenvalue weighted by Crippen LogP contribution is -2.25. The molecule has 90 valence electrons. The van der Waals surface area contributed by atoms with Crippen LogP contribution in [0.25, 0.3) is 0 Å². The number of thioether (sulfide) groups is 1. The summed E-state index contributed by atoms with van der Waals surface area (Å²) in [5, 5.41) is 1.61. The molecule has 1 rings (SSSR count). The molecule has 0 amide bonds. The molecule has 0 atom stereocenters. The number of nitrogens with one attached hydrogen (secondary N) is 1. The van der Waals surface area contributed by atoms with Crippen molar-refractivity contribution in [3.05, 3.63) is 24.1 Å². The van der Waals surface area contributed by atoms with Gasteiger partial charge in [-0.3, -0.25) is 0 Å². The van der Waals surface area contributed by atoms with E-state index in [0.717, 1.165) is 22.8 Å². The lowest BCUT2D eigenvalue weighted by Gasteiger charge is -2.03. The summed E-state index contributed by atoms with van der Waals surface area (Å²) in [6.45, 7) is 4.00. The first kappa shape index (κ1) is 13.6. The average Bonchev–Trinajstić information content (AvgIpc) is 2.65. The molecule has 7 heteroatoms. The summed E-state index contributed by atoms with van der Waals surface area (Å²) in [6.07, 6.45) is 1.79. The predicted octanol–water partition coefficient (Wildman–Crippen LogP) is 1.53. The van der Waals surface area contributed by atoms with E-state index in [2.05, 4.69) is 11.3 Å². The summed E-state index contributed by atoms with van der Waals surface area (Å²) in [4.78, 5) is 0. The van der Waals surface area contributed by atoms with E-state index in [4.69, 9.17) is 5.73 Å². The van der Waals surface area contributed by atoms with Crippen molar-refractivity contribution in [1.82, 2.24) is 4.72 Å². The molecule has 0 unspecified atom stereocenters. The highest BCUT2D eigenvalue weighted by atomic mass is 32.2. The number of nitrogens with two attached hydrogens (primary N) is 1. The second-order valence-corrected chi connectivity index (χ2v) is 7.02. The third-order valence-corrected chi connectivity index (χ3v) is 5.52. The number of sulfonamides is 1. The molecule has 0 aromatic carbocycles. The third-order valence-electron chi connectivity index (χ3n) is 1.63. The van der Waals surface area contributed by atoms with Gasteiger partial charge in [0, 0.05) is 29.1 Å². The minimum atomic E-state index is -3.38. The first-order valence-corrected chi connectivity index (χ1v) is 8.10. The second kappa shape index (κ2) is 6.29. The smallest absolute Gasteiger partial charge is 0.250 e. The summed E-state index contributed by atoms with van der Waals surface area (Å²) in [6, 6.07) is 1.46. The Bertz CT molecular complexity index is 439. The van der Waals surface area contributed by atoms with Gasteiger partial charge in [-0.1, -0.05) is 6.08 Å². The molecule has 1 aromatic rings. The molecule has 3 N–H and O–H groups in total. The molecular formula is C9H14N2O2S3. The standard InChI is InChI=1S/C9H14N2O2S3/c1-2-4-14-5-3-11-16(12,13)9-6-8(10)7-15-9/h2,6-7,11H,1,3-5,10H2. The molecule has 0 aliphatic heterocycles. The molecular weight excluding hydrogens is 264 g/mol. The van der Waals surface area contributed by atoms with Gasteiger partial charge in [-0.2, -0.15) is 11.8 Å². The van der Waals surface area contributed by atoms with Gasteiger partial charge < -0.3 is 5.73 Å². The Kier molecular flexibility index (Phi) is 5.33. The fourth-order valence-electron chi connectivity index (χ4n) is 0.957. The highest BCUT2D eigenvalue weighted by molar-refractivity contribution is 7.99. The van der Waals surface area contributed by atoms with Gasteiger partial charge in [-0.05, 0) is 6.07 Å². The Morgan fingerprint density at radius 1 is 1.62 bits per heavy atom. The van der Waals surface area contributed by atoms with Crippen molar-refractivity contribution in [3.63, 3.8) is 0 Å². The average molecular weight is 278 g/mol. The summed E-state index contributed by atoms with van der Waals surface area (Å²) < 4.78 is 26.2. The zero-order valence-electron chi connectivity index (χ0n) is 8.68. The van der Waals surface area contributed by atoms with Crippen LogP contribution in [-0.2, 0) is 10.0 Å². The van der Waals surface area contributed by atoms with Gasteiger partial charge >= 0.3 is 0 Å². The quantitative estimate of drug-likeness (QED) is 0.586. The second-order valence-electron chi connectivity index (χ2n) is 2.96. The van der Waals surface area contributed by atoms with E-state index in [-0.39, 0.29) is 4.21 Å². The van der Waals surface area contributed by atoms with Crippen LogP contribution >= 0.6 is 23.1 Å². The maximum atomic E-state index is 11.7. The molecule has 4 nitrogen and oxygen atoms in total. The highest BCUT2D eigenvalue weighted by Gasteiger charge is 2.15. The monoisotopic (exact) mass is 278 g/mol. The van der Waals surface area contributed by atoms with Crippen molar-refractivity contribution in [2.75, 3.05) is 23.8 Å². The number of thiophene rings is 1. The number of hydrogen-bond donors (Lipinski definition) is 2. The Morgan fingerprint density at radius 3 is 2.94 bits per heavy atom. The van der Waals surface area contributed by atoms with Crippen LogP contribution in [0.2, 0.25) is 0 Å². The lowest BCUT2D eigenvalue weighted by molar-refractivity contribution is 0.586. The van der Waals surface area contributed by atoms with Gasteiger partial charge in [-0.25, -0.2) is 13.1 Å². The molecule has 0 bridgehead atoms. The number of hydrogen-bond acceptors (Lipinski definition) is 5. The summed E-state index contributed by atoms with van der Waals surface area (Å²) in [5.41, 5.74) is 5.95. The van der Waals surface area contributed by atoms with Crippen LogP contribution in [0.5, 0.6) is 0 Å². The Hall–Kier alpha value is -0.500. The highest BCUT2D eigenvalue weighted by Crippen LogP contribution is 2.21. The molecule has 0 spiro atoms. The van der Waals surface area contributed by atoms with Crippen molar-refractivity contribution in [1.29, 1.82) is 0 Å². The fraction of sp³-hybridized carbons (Fsp3) is 0.333. The van der Waals surface area contributed by atoms with E-state index in [0.29, 0.717) is 12.2 Å². The topological polar surface area (TPSA) is 72.2 Å². The minimum Gasteiger partial charge on any atom is -0.398 e. The van der Waals surface area contributed by atoms with Crippen molar-refractivity contribution < 1.29 is 8.42 Å². The third kappa shape index (κ3) is 4.17. The van der Waals surface area contributed by atoms with Crippen LogP contribution < -0.4 is 10.5 Å². The molecule has 1 heterocycles. The van der Waals surface area contributed by atoms with E-state index < -0.39 is 10.0 Å². The van der Waals surface area contributed by atoms with E-state index >= 15 is 0 Å². The first-order chi connectivity index (χ1) is 7.56. The molecule has 0 saturated carbocycles. The van der Waals surface area contributed by atoms with Crippen molar-refractivity contribution in [2.24, 2.45) is 0 Å². The zero-order chi connectivity index (χ0) is 12.0. The maximum absolute atomic E-state index is 11.7. The Labute approximate surface area is 104 Å². The number of rotatable bonds is 7. The van der Waals surface area contributed by atoms with Crippen molar-refractivity contribution in [2.45, 2.75) is 4.21 Å². The zero-order valence-corrected chi connectivity index (χ0v) is 11.1.